The number of benzene rings is 1. The molecule has 3 nitrogen and oxygen atoms in total. The van der Waals surface area contributed by atoms with Crippen molar-refractivity contribution in [1.82, 2.24) is 10.6 Å². The van der Waals surface area contributed by atoms with Gasteiger partial charge in [-0.15, -0.1) is 0 Å². The van der Waals surface area contributed by atoms with E-state index < -0.39 is 0 Å². The first-order valence-electron chi connectivity index (χ1n) is 5.88. The molecule has 0 radical (unpaired) electrons. The van der Waals surface area contributed by atoms with Crippen molar-refractivity contribution in [2.45, 2.75) is 19.8 Å². The van der Waals surface area contributed by atoms with Gasteiger partial charge in [0.15, 0.2) is 0 Å². The third-order valence-electron chi connectivity index (χ3n) is 2.28. The Bertz CT molecular complexity index is 298. The van der Waals surface area contributed by atoms with Crippen LogP contribution in [0.4, 0.5) is 0 Å². The predicted octanol–water partition coefficient (Wildman–Crippen LogP) is 1.81. The number of amides is 1. The largest absolute Gasteiger partial charge is 0.352 e. The summed E-state index contributed by atoms with van der Waals surface area (Å²) in [5.41, 5.74) is 0.726. The van der Waals surface area contributed by atoms with Crippen LogP contribution >= 0.6 is 0 Å². The molecule has 1 aromatic rings. The zero-order chi connectivity index (χ0) is 11.6. The highest BCUT2D eigenvalue weighted by atomic mass is 16.1. The first kappa shape index (κ1) is 12.7. The molecule has 0 unspecified atom stereocenters. The average Bonchev–Trinajstić information content (AvgIpc) is 2.34. The van der Waals surface area contributed by atoms with Gasteiger partial charge in [0.05, 0.1) is 0 Å². The molecule has 0 saturated carbocycles. The van der Waals surface area contributed by atoms with Gasteiger partial charge in [-0.2, -0.15) is 0 Å². The maximum Gasteiger partial charge on any atom is 0.251 e. The highest BCUT2D eigenvalue weighted by Gasteiger charge is 2.01. The van der Waals surface area contributed by atoms with Gasteiger partial charge in [-0.1, -0.05) is 25.1 Å². The summed E-state index contributed by atoms with van der Waals surface area (Å²) in [5.74, 6) is 0.0103. The minimum atomic E-state index is 0.0103. The minimum absolute atomic E-state index is 0.0103. The van der Waals surface area contributed by atoms with E-state index >= 15 is 0 Å². The molecule has 88 valence electrons. The van der Waals surface area contributed by atoms with Crippen molar-refractivity contribution < 1.29 is 4.79 Å². The lowest BCUT2D eigenvalue weighted by Crippen LogP contribution is -2.27. The molecule has 1 amide bonds. The third-order valence-corrected chi connectivity index (χ3v) is 2.28. The fourth-order valence-electron chi connectivity index (χ4n) is 1.41. The molecule has 0 aliphatic rings. The summed E-state index contributed by atoms with van der Waals surface area (Å²) in [7, 11) is 0. The first-order valence-corrected chi connectivity index (χ1v) is 5.88. The van der Waals surface area contributed by atoms with Gasteiger partial charge in [0, 0.05) is 12.1 Å². The number of rotatable bonds is 7. The molecular weight excluding hydrogens is 200 g/mol. The highest BCUT2D eigenvalue weighted by molar-refractivity contribution is 5.94. The van der Waals surface area contributed by atoms with Gasteiger partial charge in [-0.25, -0.2) is 0 Å². The van der Waals surface area contributed by atoms with Crippen molar-refractivity contribution in [3.8, 4) is 0 Å². The van der Waals surface area contributed by atoms with Crippen LogP contribution < -0.4 is 10.6 Å². The van der Waals surface area contributed by atoms with Crippen LogP contribution in [0.1, 0.15) is 30.1 Å². The summed E-state index contributed by atoms with van der Waals surface area (Å²) >= 11 is 0. The van der Waals surface area contributed by atoms with Crippen LogP contribution in [0.2, 0.25) is 0 Å². The van der Waals surface area contributed by atoms with E-state index in [9.17, 15) is 4.79 Å². The number of nitrogens with one attached hydrogen (secondary N) is 2. The van der Waals surface area contributed by atoms with Crippen molar-refractivity contribution in [3.05, 3.63) is 35.9 Å². The summed E-state index contributed by atoms with van der Waals surface area (Å²) in [6.07, 6.45) is 2.12. The molecule has 2 N–H and O–H groups in total. The standard InChI is InChI=1S/C13H20N2O/c1-2-9-14-10-6-11-15-13(16)12-7-4-3-5-8-12/h3-5,7-8,14H,2,6,9-11H2,1H3,(H,15,16). The van der Waals surface area contributed by atoms with E-state index in [4.69, 9.17) is 0 Å². The van der Waals surface area contributed by atoms with Crippen molar-refractivity contribution in [2.24, 2.45) is 0 Å². The van der Waals surface area contributed by atoms with Crippen LogP contribution in [0.15, 0.2) is 30.3 Å². The van der Waals surface area contributed by atoms with Crippen molar-refractivity contribution in [3.63, 3.8) is 0 Å². The second kappa shape index (κ2) is 7.88. The molecule has 0 fully saturated rings. The lowest BCUT2D eigenvalue weighted by atomic mass is 10.2. The molecule has 0 saturated heterocycles. The first-order chi connectivity index (χ1) is 7.84. The molecule has 0 atom stereocenters. The smallest absolute Gasteiger partial charge is 0.251 e. The molecule has 0 spiro atoms. The normalized spacial score (nSPS) is 10.1. The second-order valence-corrected chi connectivity index (χ2v) is 3.73. The third kappa shape index (κ3) is 4.94. The summed E-state index contributed by atoms with van der Waals surface area (Å²) in [5, 5.41) is 6.19. The Hall–Kier alpha value is -1.35. The second-order valence-electron chi connectivity index (χ2n) is 3.73. The summed E-state index contributed by atoms with van der Waals surface area (Å²) in [6, 6.07) is 9.30. The summed E-state index contributed by atoms with van der Waals surface area (Å²) < 4.78 is 0. The summed E-state index contributed by atoms with van der Waals surface area (Å²) in [6.45, 7) is 4.88. The van der Waals surface area contributed by atoms with Gasteiger partial charge in [-0.3, -0.25) is 4.79 Å². The minimum Gasteiger partial charge on any atom is -0.352 e. The Balaban J connectivity index is 2.12. The predicted molar refractivity (Wildman–Crippen MR) is 66.6 cm³/mol. The molecule has 1 aromatic carbocycles. The van der Waals surface area contributed by atoms with Gasteiger partial charge in [0.1, 0.15) is 0 Å². The quantitative estimate of drug-likeness (QED) is 0.688. The van der Waals surface area contributed by atoms with Crippen molar-refractivity contribution in [2.75, 3.05) is 19.6 Å². The average molecular weight is 220 g/mol. The van der Waals surface area contributed by atoms with Crippen molar-refractivity contribution in [1.29, 1.82) is 0 Å². The van der Waals surface area contributed by atoms with Gasteiger partial charge >= 0.3 is 0 Å². The molecular formula is C13H20N2O. The molecule has 0 bridgehead atoms. The molecule has 3 heteroatoms. The zero-order valence-corrected chi connectivity index (χ0v) is 9.83. The monoisotopic (exact) mass is 220 g/mol. The molecule has 16 heavy (non-hydrogen) atoms. The van der Waals surface area contributed by atoms with E-state index in [-0.39, 0.29) is 5.91 Å². The number of hydrogen-bond donors (Lipinski definition) is 2. The van der Waals surface area contributed by atoms with Crippen LogP contribution in [-0.2, 0) is 0 Å². The number of carbonyl (C=O) groups excluding carboxylic acids is 1. The van der Waals surface area contributed by atoms with E-state index in [2.05, 4.69) is 17.6 Å². The Labute approximate surface area is 97.2 Å². The molecule has 0 aliphatic carbocycles. The van der Waals surface area contributed by atoms with Gasteiger partial charge in [0.25, 0.3) is 5.91 Å². The van der Waals surface area contributed by atoms with E-state index in [0.717, 1.165) is 38.0 Å². The van der Waals surface area contributed by atoms with Crippen LogP contribution in [0.3, 0.4) is 0 Å². The topological polar surface area (TPSA) is 41.1 Å². The van der Waals surface area contributed by atoms with Crippen LogP contribution in [0.5, 0.6) is 0 Å². The maximum atomic E-state index is 11.6. The highest BCUT2D eigenvalue weighted by Crippen LogP contribution is 1.97. The SMILES string of the molecule is CCCNCCCNC(=O)c1ccccc1. The van der Waals surface area contributed by atoms with Crippen LogP contribution in [-0.4, -0.2) is 25.5 Å². The Morgan fingerprint density at radius 2 is 1.88 bits per heavy atom. The molecule has 0 heterocycles. The van der Waals surface area contributed by atoms with E-state index in [1.807, 2.05) is 30.3 Å². The fourth-order valence-corrected chi connectivity index (χ4v) is 1.41. The lowest BCUT2D eigenvalue weighted by molar-refractivity contribution is 0.0953. The Morgan fingerprint density at radius 3 is 2.56 bits per heavy atom. The molecule has 0 aliphatic heterocycles. The van der Waals surface area contributed by atoms with Crippen LogP contribution in [0, 0.1) is 0 Å². The maximum absolute atomic E-state index is 11.6. The van der Waals surface area contributed by atoms with E-state index in [1.165, 1.54) is 0 Å². The number of carbonyl (C=O) groups is 1. The number of hydrogen-bond acceptors (Lipinski definition) is 2. The molecule has 0 aromatic heterocycles. The summed E-state index contributed by atoms with van der Waals surface area (Å²) in [4.78, 5) is 11.6. The fraction of sp³-hybridized carbons (Fsp3) is 0.462. The van der Waals surface area contributed by atoms with Gasteiger partial charge in [-0.05, 0) is 38.1 Å². The lowest BCUT2D eigenvalue weighted by Gasteiger charge is -2.05. The zero-order valence-electron chi connectivity index (χ0n) is 9.83. The van der Waals surface area contributed by atoms with E-state index in [1.54, 1.807) is 0 Å². The Kier molecular flexibility index (Phi) is 6.26. The molecule has 1 rings (SSSR count). The van der Waals surface area contributed by atoms with Crippen molar-refractivity contribution >= 4 is 5.91 Å². The van der Waals surface area contributed by atoms with Gasteiger partial charge in [0.2, 0.25) is 0 Å². The van der Waals surface area contributed by atoms with E-state index in [0.29, 0.717) is 0 Å². The Morgan fingerprint density at radius 1 is 1.12 bits per heavy atom. The van der Waals surface area contributed by atoms with Gasteiger partial charge < -0.3 is 10.6 Å². The van der Waals surface area contributed by atoms with Crippen LogP contribution in [0.25, 0.3) is 0 Å².